The normalized spacial score (nSPS) is 10.8. The van der Waals surface area contributed by atoms with Gasteiger partial charge < -0.3 is 4.74 Å². The summed E-state index contributed by atoms with van der Waals surface area (Å²) >= 11 is 0. The molecule has 6 heteroatoms. The summed E-state index contributed by atoms with van der Waals surface area (Å²) in [4.78, 5) is -0.0557. The minimum atomic E-state index is -3.80. The van der Waals surface area contributed by atoms with Crippen LogP contribution in [0.4, 0.5) is 0 Å². The molecule has 0 radical (unpaired) electrons. The lowest BCUT2D eigenvalue weighted by molar-refractivity contribution is 0.412. The minimum Gasteiger partial charge on any atom is -0.495 e. The van der Waals surface area contributed by atoms with Crippen molar-refractivity contribution < 1.29 is 13.2 Å². The van der Waals surface area contributed by atoms with E-state index in [2.05, 4.69) is 0 Å². The first-order chi connectivity index (χ1) is 6.90. The maximum atomic E-state index is 11.1. The smallest absolute Gasteiger partial charge is 0.238 e. The summed E-state index contributed by atoms with van der Waals surface area (Å²) in [6, 6.07) is 4.52. The molecule has 0 atom stereocenters. The number of benzene rings is 1. The van der Waals surface area contributed by atoms with Gasteiger partial charge in [-0.15, -0.1) is 0 Å². The Hall–Kier alpha value is -1.58. The van der Waals surface area contributed by atoms with Crippen LogP contribution in [0.3, 0.4) is 0 Å². The molecule has 0 amide bonds. The predicted molar refractivity (Wildman–Crippen MR) is 53.8 cm³/mol. The van der Waals surface area contributed by atoms with Crippen LogP contribution in [-0.4, -0.2) is 15.5 Å². The highest BCUT2D eigenvalue weighted by atomic mass is 32.2. The van der Waals surface area contributed by atoms with E-state index in [9.17, 15) is 8.42 Å². The van der Waals surface area contributed by atoms with Gasteiger partial charge >= 0.3 is 0 Å². The maximum Gasteiger partial charge on any atom is 0.238 e. The first-order valence-electron chi connectivity index (χ1n) is 4.01. The number of methoxy groups -OCH3 is 1. The summed E-state index contributed by atoms with van der Waals surface area (Å²) in [6.07, 6.45) is 0. The van der Waals surface area contributed by atoms with Crippen LogP contribution in [0.5, 0.6) is 5.75 Å². The molecule has 0 aliphatic heterocycles. The van der Waals surface area contributed by atoms with Crippen molar-refractivity contribution in [2.24, 2.45) is 5.14 Å². The Kier molecular flexibility index (Phi) is 2.98. The van der Waals surface area contributed by atoms with E-state index >= 15 is 0 Å². The van der Waals surface area contributed by atoms with Crippen molar-refractivity contribution in [3.63, 3.8) is 0 Å². The second-order valence-electron chi connectivity index (χ2n) is 2.97. The number of rotatable bonds is 2. The van der Waals surface area contributed by atoms with Crippen LogP contribution in [0.25, 0.3) is 0 Å². The zero-order valence-electron chi connectivity index (χ0n) is 8.31. The van der Waals surface area contributed by atoms with Gasteiger partial charge in [-0.2, -0.15) is 5.26 Å². The Morgan fingerprint density at radius 3 is 2.47 bits per heavy atom. The molecule has 0 aliphatic rings. The Morgan fingerprint density at radius 2 is 2.07 bits per heavy atom. The molecule has 0 heterocycles. The average Bonchev–Trinajstić information content (AvgIpc) is 2.15. The molecule has 5 nitrogen and oxygen atoms in total. The van der Waals surface area contributed by atoms with Gasteiger partial charge in [-0.1, -0.05) is 0 Å². The second-order valence-corrected chi connectivity index (χ2v) is 4.50. The average molecular weight is 226 g/mol. The molecule has 2 N–H and O–H groups in total. The fourth-order valence-electron chi connectivity index (χ4n) is 1.22. The first kappa shape index (κ1) is 11.5. The standard InChI is InChI=1S/C9H10N2O3S/c1-6-3-8(14-2)7(5-10)4-9(6)15(11,12)13/h3-4H,1-2H3,(H2,11,12,13). The maximum absolute atomic E-state index is 11.1. The molecule has 80 valence electrons. The highest BCUT2D eigenvalue weighted by Gasteiger charge is 2.15. The number of nitriles is 1. The number of ether oxygens (including phenoxy) is 1. The van der Waals surface area contributed by atoms with E-state index in [0.29, 0.717) is 11.3 Å². The van der Waals surface area contributed by atoms with E-state index in [1.807, 2.05) is 6.07 Å². The van der Waals surface area contributed by atoms with E-state index in [1.165, 1.54) is 19.2 Å². The fourth-order valence-corrected chi connectivity index (χ4v) is 2.01. The van der Waals surface area contributed by atoms with Gasteiger partial charge in [0, 0.05) is 0 Å². The van der Waals surface area contributed by atoms with Crippen molar-refractivity contribution in [1.82, 2.24) is 0 Å². The van der Waals surface area contributed by atoms with Crippen molar-refractivity contribution in [2.75, 3.05) is 7.11 Å². The lowest BCUT2D eigenvalue weighted by atomic mass is 10.1. The minimum absolute atomic E-state index is 0.0557. The summed E-state index contributed by atoms with van der Waals surface area (Å²) in [5, 5.41) is 13.8. The molecular weight excluding hydrogens is 216 g/mol. The van der Waals surface area contributed by atoms with Gasteiger partial charge in [-0.05, 0) is 24.6 Å². The van der Waals surface area contributed by atoms with Crippen molar-refractivity contribution in [1.29, 1.82) is 5.26 Å². The van der Waals surface area contributed by atoms with Gasteiger partial charge in [-0.25, -0.2) is 13.6 Å². The number of hydrogen-bond donors (Lipinski definition) is 1. The first-order valence-corrected chi connectivity index (χ1v) is 5.56. The lowest BCUT2D eigenvalue weighted by Gasteiger charge is -2.07. The largest absolute Gasteiger partial charge is 0.495 e. The third-order valence-electron chi connectivity index (χ3n) is 1.92. The number of nitrogens with zero attached hydrogens (tertiary/aromatic N) is 1. The zero-order chi connectivity index (χ0) is 11.6. The van der Waals surface area contributed by atoms with E-state index in [-0.39, 0.29) is 10.5 Å². The van der Waals surface area contributed by atoms with Crippen LogP contribution in [0, 0.1) is 18.3 Å². The van der Waals surface area contributed by atoms with Crippen LogP contribution in [0.15, 0.2) is 17.0 Å². The number of primary sulfonamides is 1. The lowest BCUT2D eigenvalue weighted by Crippen LogP contribution is -2.14. The van der Waals surface area contributed by atoms with Crippen LogP contribution >= 0.6 is 0 Å². The van der Waals surface area contributed by atoms with Crippen LogP contribution in [-0.2, 0) is 10.0 Å². The molecule has 0 fully saturated rings. The summed E-state index contributed by atoms with van der Waals surface area (Å²) in [7, 11) is -2.39. The van der Waals surface area contributed by atoms with Gasteiger partial charge in [0.15, 0.2) is 0 Å². The Bertz CT molecular complexity index is 529. The summed E-state index contributed by atoms with van der Waals surface area (Å²) in [5.41, 5.74) is 0.598. The van der Waals surface area contributed by atoms with Gasteiger partial charge in [0.25, 0.3) is 0 Å². The molecule has 0 unspecified atom stereocenters. The molecule has 1 aromatic carbocycles. The zero-order valence-corrected chi connectivity index (χ0v) is 9.13. The molecule has 0 aromatic heterocycles. The highest BCUT2D eigenvalue weighted by Crippen LogP contribution is 2.24. The van der Waals surface area contributed by atoms with Crippen LogP contribution in [0.2, 0.25) is 0 Å². The van der Waals surface area contributed by atoms with Gasteiger partial charge in [-0.3, -0.25) is 0 Å². The molecule has 0 aliphatic carbocycles. The fraction of sp³-hybridized carbons (Fsp3) is 0.222. The van der Waals surface area contributed by atoms with Crippen molar-refractivity contribution >= 4 is 10.0 Å². The molecule has 0 bridgehead atoms. The van der Waals surface area contributed by atoms with Crippen LogP contribution in [0.1, 0.15) is 11.1 Å². The third kappa shape index (κ3) is 2.26. The Morgan fingerprint density at radius 1 is 1.47 bits per heavy atom. The van der Waals surface area contributed by atoms with Crippen molar-refractivity contribution in [3.8, 4) is 11.8 Å². The monoisotopic (exact) mass is 226 g/mol. The summed E-state index contributed by atoms with van der Waals surface area (Å²) < 4.78 is 27.2. The van der Waals surface area contributed by atoms with Gasteiger partial charge in [0.2, 0.25) is 10.0 Å². The van der Waals surface area contributed by atoms with Crippen molar-refractivity contribution in [2.45, 2.75) is 11.8 Å². The molecule has 0 saturated carbocycles. The summed E-state index contributed by atoms with van der Waals surface area (Å²) in [6.45, 7) is 1.59. The molecular formula is C9H10N2O3S. The summed E-state index contributed by atoms with van der Waals surface area (Å²) in [5.74, 6) is 0.336. The Balaban J connectivity index is 3.55. The number of sulfonamides is 1. The van der Waals surface area contributed by atoms with Gasteiger partial charge in [0.1, 0.15) is 11.8 Å². The van der Waals surface area contributed by atoms with E-state index < -0.39 is 10.0 Å². The van der Waals surface area contributed by atoms with Crippen molar-refractivity contribution in [3.05, 3.63) is 23.3 Å². The van der Waals surface area contributed by atoms with Crippen LogP contribution < -0.4 is 9.88 Å². The quantitative estimate of drug-likeness (QED) is 0.795. The van der Waals surface area contributed by atoms with Gasteiger partial charge in [0.05, 0.1) is 17.6 Å². The number of hydrogen-bond acceptors (Lipinski definition) is 4. The molecule has 1 aromatic rings. The topological polar surface area (TPSA) is 93.2 Å². The molecule has 1 rings (SSSR count). The Labute approximate surface area is 88.1 Å². The highest BCUT2D eigenvalue weighted by molar-refractivity contribution is 7.89. The molecule has 0 spiro atoms. The number of nitrogens with two attached hydrogens (primary N) is 1. The number of aryl methyl sites for hydroxylation is 1. The molecule has 15 heavy (non-hydrogen) atoms. The van der Waals surface area contributed by atoms with E-state index in [0.717, 1.165) is 0 Å². The van der Waals surface area contributed by atoms with E-state index in [4.69, 9.17) is 15.1 Å². The SMILES string of the molecule is COc1cc(C)c(S(N)(=O)=O)cc1C#N. The second kappa shape index (κ2) is 3.88. The van der Waals surface area contributed by atoms with E-state index in [1.54, 1.807) is 6.92 Å². The third-order valence-corrected chi connectivity index (χ3v) is 2.98. The molecule has 0 saturated heterocycles. The predicted octanol–water partition coefficient (Wildman–Crippen LogP) is 0.523.